The molecule has 8 heteroatoms. The van der Waals surface area contributed by atoms with Crippen molar-refractivity contribution < 1.29 is 19.1 Å². The van der Waals surface area contributed by atoms with Crippen LogP contribution in [0.4, 0.5) is 0 Å². The summed E-state index contributed by atoms with van der Waals surface area (Å²) in [6, 6.07) is 14.8. The highest BCUT2D eigenvalue weighted by molar-refractivity contribution is 7.80. The quantitative estimate of drug-likeness (QED) is 0.397. The van der Waals surface area contributed by atoms with Crippen LogP contribution in [0.5, 0.6) is 5.75 Å². The van der Waals surface area contributed by atoms with Gasteiger partial charge in [0, 0.05) is 23.2 Å². The number of likely N-dealkylation sites (N-methyl/N-ethyl adjacent to an activating group) is 1. The minimum atomic E-state index is -0.543. The number of nitrogens with zero attached hydrogens (tertiary/aromatic N) is 2. The molecule has 0 radical (unpaired) electrons. The van der Waals surface area contributed by atoms with Gasteiger partial charge in [0.15, 0.2) is 5.11 Å². The number of thiocarbonyl (C=S) groups is 1. The van der Waals surface area contributed by atoms with Gasteiger partial charge in [-0.25, -0.2) is 0 Å². The van der Waals surface area contributed by atoms with Crippen molar-refractivity contribution in [1.82, 2.24) is 9.80 Å². The van der Waals surface area contributed by atoms with E-state index < -0.39 is 5.97 Å². The third-order valence-corrected chi connectivity index (χ3v) is 5.27. The van der Waals surface area contributed by atoms with Crippen molar-refractivity contribution in [1.29, 1.82) is 0 Å². The number of carbonyl (C=O) groups excluding carboxylic acids is 2. The van der Waals surface area contributed by atoms with Crippen LogP contribution in [0.1, 0.15) is 11.1 Å². The summed E-state index contributed by atoms with van der Waals surface area (Å²) in [5, 5.41) is 0.860. The van der Waals surface area contributed by atoms with Gasteiger partial charge in [0.25, 0.3) is 5.91 Å². The van der Waals surface area contributed by atoms with Crippen LogP contribution in [0.25, 0.3) is 6.08 Å². The van der Waals surface area contributed by atoms with Gasteiger partial charge < -0.3 is 14.4 Å². The van der Waals surface area contributed by atoms with Gasteiger partial charge in [-0.15, -0.1) is 0 Å². The van der Waals surface area contributed by atoms with Gasteiger partial charge >= 0.3 is 5.97 Å². The number of rotatable bonds is 6. The van der Waals surface area contributed by atoms with Crippen LogP contribution >= 0.6 is 23.8 Å². The first kappa shape index (κ1) is 20.8. The molecule has 2 aromatic carbocycles. The van der Waals surface area contributed by atoms with Gasteiger partial charge in [-0.1, -0.05) is 48.0 Å². The molecule has 1 heterocycles. The Morgan fingerprint density at radius 2 is 1.86 bits per heavy atom. The predicted octanol–water partition coefficient (Wildman–Crippen LogP) is 3.49. The van der Waals surface area contributed by atoms with Gasteiger partial charge in [-0.3, -0.25) is 14.5 Å². The first-order valence-corrected chi connectivity index (χ1v) is 9.54. The smallest absolute Gasteiger partial charge is 0.325 e. The zero-order chi connectivity index (χ0) is 21.0. The van der Waals surface area contributed by atoms with Crippen LogP contribution < -0.4 is 4.74 Å². The predicted molar refractivity (Wildman–Crippen MR) is 114 cm³/mol. The van der Waals surface area contributed by atoms with E-state index in [1.54, 1.807) is 24.1 Å². The highest BCUT2D eigenvalue weighted by atomic mass is 35.5. The Kier molecular flexibility index (Phi) is 6.51. The monoisotopic (exact) mass is 430 g/mol. The lowest BCUT2D eigenvalue weighted by Gasteiger charge is -2.14. The van der Waals surface area contributed by atoms with E-state index in [1.165, 1.54) is 12.0 Å². The number of ether oxygens (including phenoxy) is 2. The molecule has 150 valence electrons. The Morgan fingerprint density at radius 1 is 1.17 bits per heavy atom. The minimum Gasteiger partial charge on any atom is -0.488 e. The molecule has 1 aliphatic heterocycles. The second-order valence-corrected chi connectivity index (χ2v) is 7.03. The number of hydrogen-bond donors (Lipinski definition) is 0. The second-order valence-electron chi connectivity index (χ2n) is 6.26. The average molecular weight is 431 g/mol. The lowest BCUT2D eigenvalue weighted by atomic mass is 10.1. The van der Waals surface area contributed by atoms with E-state index in [0.29, 0.717) is 22.0 Å². The molecular weight excluding hydrogens is 412 g/mol. The van der Waals surface area contributed by atoms with E-state index in [-0.39, 0.29) is 24.2 Å². The van der Waals surface area contributed by atoms with Gasteiger partial charge in [0.05, 0.1) is 7.11 Å². The standard InChI is InChI=1S/C21H19ClN2O4S/c1-23-17(20(26)24(21(23)29)12-19(25)27-2)11-14-7-4-6-10-18(14)28-13-15-8-3-5-9-16(15)22/h3-11H,12-13H2,1-2H3/b17-11-. The number of hydrogen-bond acceptors (Lipinski definition) is 5. The molecule has 0 unspecified atom stereocenters. The Bertz CT molecular complexity index is 992. The van der Waals surface area contributed by atoms with Crippen LogP contribution in [0, 0.1) is 0 Å². The number of esters is 1. The number of amides is 1. The molecule has 0 saturated carbocycles. The Hall–Kier alpha value is -2.90. The van der Waals surface area contributed by atoms with E-state index in [2.05, 4.69) is 4.74 Å². The highest BCUT2D eigenvalue weighted by Gasteiger charge is 2.37. The molecule has 2 aromatic rings. The van der Waals surface area contributed by atoms with E-state index in [1.807, 2.05) is 42.5 Å². The maximum absolute atomic E-state index is 12.8. The Balaban J connectivity index is 1.85. The maximum atomic E-state index is 12.8. The number of halogens is 1. The summed E-state index contributed by atoms with van der Waals surface area (Å²) in [6.45, 7) is 0.0526. The van der Waals surface area contributed by atoms with Crippen LogP contribution in [0.15, 0.2) is 54.2 Å². The Morgan fingerprint density at radius 3 is 2.59 bits per heavy atom. The molecule has 0 bridgehead atoms. The summed E-state index contributed by atoms with van der Waals surface area (Å²) in [6.07, 6.45) is 1.69. The molecule has 0 aliphatic carbocycles. The van der Waals surface area contributed by atoms with Crippen LogP contribution in [0.3, 0.4) is 0 Å². The number of methoxy groups -OCH3 is 1. The van der Waals surface area contributed by atoms with Crippen LogP contribution in [0.2, 0.25) is 5.02 Å². The number of para-hydroxylation sites is 1. The zero-order valence-corrected chi connectivity index (χ0v) is 17.5. The van der Waals surface area contributed by atoms with Crippen LogP contribution in [-0.4, -0.2) is 47.5 Å². The Labute approximate surface area is 179 Å². The van der Waals surface area contributed by atoms with Crippen molar-refractivity contribution in [3.8, 4) is 5.75 Å². The van der Waals surface area contributed by atoms with Gasteiger partial charge in [-0.2, -0.15) is 0 Å². The summed E-state index contributed by atoms with van der Waals surface area (Å²) in [7, 11) is 2.94. The molecule has 1 saturated heterocycles. The van der Waals surface area contributed by atoms with Crippen molar-refractivity contribution in [2.24, 2.45) is 0 Å². The first-order chi connectivity index (χ1) is 13.9. The molecule has 6 nitrogen and oxygen atoms in total. The fraction of sp³-hybridized carbons (Fsp3) is 0.190. The van der Waals surface area contributed by atoms with Gasteiger partial charge in [0.1, 0.15) is 24.6 Å². The third kappa shape index (κ3) is 4.58. The molecule has 3 rings (SSSR count). The molecule has 29 heavy (non-hydrogen) atoms. The van der Waals surface area contributed by atoms with Crippen molar-refractivity contribution in [3.05, 3.63) is 70.4 Å². The van der Waals surface area contributed by atoms with Gasteiger partial charge in [0.2, 0.25) is 0 Å². The molecule has 0 N–H and O–H groups in total. The van der Waals surface area contributed by atoms with E-state index in [9.17, 15) is 9.59 Å². The van der Waals surface area contributed by atoms with E-state index in [0.717, 1.165) is 5.56 Å². The second kappa shape index (κ2) is 9.07. The van der Waals surface area contributed by atoms with E-state index >= 15 is 0 Å². The molecule has 1 aliphatic rings. The summed E-state index contributed by atoms with van der Waals surface area (Å²) < 4.78 is 10.6. The zero-order valence-electron chi connectivity index (χ0n) is 15.9. The normalized spacial score (nSPS) is 15.2. The molecule has 0 atom stereocenters. The van der Waals surface area contributed by atoms with Crippen molar-refractivity contribution in [2.45, 2.75) is 6.61 Å². The number of benzene rings is 2. The molecule has 0 spiro atoms. The molecule has 0 aromatic heterocycles. The van der Waals surface area contributed by atoms with Gasteiger partial charge in [-0.05, 0) is 30.4 Å². The topological polar surface area (TPSA) is 59.1 Å². The van der Waals surface area contributed by atoms with Crippen molar-refractivity contribution in [3.63, 3.8) is 0 Å². The fourth-order valence-corrected chi connectivity index (χ4v) is 3.23. The third-order valence-electron chi connectivity index (χ3n) is 4.41. The van der Waals surface area contributed by atoms with Crippen LogP contribution in [-0.2, 0) is 20.9 Å². The first-order valence-electron chi connectivity index (χ1n) is 8.75. The van der Waals surface area contributed by atoms with Crippen molar-refractivity contribution >= 4 is 46.9 Å². The van der Waals surface area contributed by atoms with E-state index in [4.69, 9.17) is 28.6 Å². The molecule has 1 fully saturated rings. The lowest BCUT2D eigenvalue weighted by molar-refractivity contribution is -0.143. The summed E-state index contributed by atoms with van der Waals surface area (Å²) in [4.78, 5) is 27.1. The largest absolute Gasteiger partial charge is 0.488 e. The summed E-state index contributed by atoms with van der Waals surface area (Å²) in [5.41, 5.74) is 1.90. The van der Waals surface area contributed by atoms with Crippen molar-refractivity contribution in [2.75, 3.05) is 20.7 Å². The summed E-state index contributed by atoms with van der Waals surface area (Å²) >= 11 is 11.5. The summed E-state index contributed by atoms with van der Waals surface area (Å²) in [5.74, 6) is -0.318. The lowest BCUT2D eigenvalue weighted by Crippen LogP contribution is -2.36. The molecular formula is C21H19ClN2O4S. The minimum absolute atomic E-state index is 0.236. The SMILES string of the molecule is COC(=O)CN1C(=O)/C(=C/c2ccccc2OCc2ccccc2Cl)N(C)C1=S. The highest BCUT2D eigenvalue weighted by Crippen LogP contribution is 2.27. The molecule has 1 amide bonds. The maximum Gasteiger partial charge on any atom is 0.325 e. The average Bonchev–Trinajstić information content (AvgIpc) is 2.92. The number of carbonyl (C=O) groups is 2. The fourth-order valence-electron chi connectivity index (χ4n) is 2.79.